The van der Waals surface area contributed by atoms with E-state index in [0.717, 1.165) is 12.8 Å². The van der Waals surface area contributed by atoms with Crippen LogP contribution in [0.4, 0.5) is 0 Å². The summed E-state index contributed by atoms with van der Waals surface area (Å²) in [6.45, 7) is 6.50. The molecule has 3 aliphatic carbocycles. The highest BCUT2D eigenvalue weighted by Gasteiger charge is 2.80. The SMILES string of the molecule is CC12CCC(C(=O)NNC(=O)c3ccncc3)(C1Br)C2(C)C. The number of hydrogen-bond donors (Lipinski definition) is 2. The van der Waals surface area contributed by atoms with Gasteiger partial charge in [-0.3, -0.25) is 25.4 Å². The van der Waals surface area contributed by atoms with Gasteiger partial charge in [0.2, 0.25) is 5.91 Å². The number of halogens is 1. The number of fused-ring (bicyclic) bond motifs is 1. The Morgan fingerprint density at radius 3 is 2.32 bits per heavy atom. The van der Waals surface area contributed by atoms with Gasteiger partial charge in [-0.15, -0.1) is 0 Å². The second kappa shape index (κ2) is 4.78. The van der Waals surface area contributed by atoms with Gasteiger partial charge in [0.25, 0.3) is 5.91 Å². The van der Waals surface area contributed by atoms with Crippen LogP contribution in [-0.2, 0) is 4.79 Å². The van der Waals surface area contributed by atoms with Crippen molar-refractivity contribution in [2.45, 2.75) is 38.4 Å². The van der Waals surface area contributed by atoms with E-state index in [2.05, 4.69) is 52.5 Å². The Labute approximate surface area is 138 Å². The molecular weight excluding hydrogens is 346 g/mol. The molecular formula is C16H20BrN3O2. The van der Waals surface area contributed by atoms with Crippen LogP contribution in [0.5, 0.6) is 0 Å². The van der Waals surface area contributed by atoms with Crippen LogP contribution in [0.3, 0.4) is 0 Å². The molecule has 1 aromatic rings. The average Bonchev–Trinajstić information content (AvgIpc) is 2.93. The van der Waals surface area contributed by atoms with Crippen molar-refractivity contribution in [2.24, 2.45) is 16.2 Å². The maximum absolute atomic E-state index is 12.7. The van der Waals surface area contributed by atoms with Crippen molar-refractivity contribution >= 4 is 27.7 Å². The first kappa shape index (κ1) is 15.5. The zero-order valence-corrected chi connectivity index (χ0v) is 14.5. The van der Waals surface area contributed by atoms with Gasteiger partial charge in [-0.05, 0) is 35.8 Å². The van der Waals surface area contributed by atoms with Crippen LogP contribution in [0.25, 0.3) is 0 Å². The summed E-state index contributed by atoms with van der Waals surface area (Å²) in [6, 6.07) is 3.21. The fraction of sp³-hybridized carbons (Fsp3) is 0.562. The molecule has 2 bridgehead atoms. The molecule has 22 heavy (non-hydrogen) atoms. The summed E-state index contributed by atoms with van der Waals surface area (Å²) in [6.07, 6.45) is 4.94. The summed E-state index contributed by atoms with van der Waals surface area (Å²) in [5, 5.41) is 0. The predicted octanol–water partition coefficient (Wildman–Crippen LogP) is 2.43. The minimum Gasteiger partial charge on any atom is -0.273 e. The van der Waals surface area contributed by atoms with Crippen LogP contribution >= 0.6 is 15.9 Å². The largest absolute Gasteiger partial charge is 0.273 e. The minimum absolute atomic E-state index is 0.0976. The van der Waals surface area contributed by atoms with E-state index in [1.165, 1.54) is 0 Å². The maximum Gasteiger partial charge on any atom is 0.269 e. The van der Waals surface area contributed by atoms with Crippen LogP contribution in [0.15, 0.2) is 24.5 Å². The van der Waals surface area contributed by atoms with Gasteiger partial charge < -0.3 is 0 Å². The van der Waals surface area contributed by atoms with E-state index in [4.69, 9.17) is 0 Å². The molecule has 0 spiro atoms. The Balaban J connectivity index is 1.70. The lowest BCUT2D eigenvalue weighted by Gasteiger charge is -2.64. The lowest BCUT2D eigenvalue weighted by molar-refractivity contribution is -0.162. The van der Waals surface area contributed by atoms with E-state index < -0.39 is 5.41 Å². The second-order valence-electron chi connectivity index (χ2n) is 7.02. The second-order valence-corrected chi connectivity index (χ2v) is 7.94. The zero-order valence-electron chi connectivity index (χ0n) is 12.9. The number of alkyl halides is 1. The molecule has 118 valence electrons. The molecule has 4 rings (SSSR count). The normalized spacial score (nSPS) is 34.6. The summed E-state index contributed by atoms with van der Waals surface area (Å²) in [4.78, 5) is 28.8. The molecule has 5 nitrogen and oxygen atoms in total. The maximum atomic E-state index is 12.7. The van der Waals surface area contributed by atoms with Crippen molar-refractivity contribution in [2.75, 3.05) is 0 Å². The molecule has 0 aromatic carbocycles. The van der Waals surface area contributed by atoms with Gasteiger partial charge in [-0.1, -0.05) is 36.7 Å². The lowest BCUT2D eigenvalue weighted by atomic mass is 9.43. The summed E-state index contributed by atoms with van der Waals surface area (Å²) in [5.41, 5.74) is 5.15. The first-order valence-electron chi connectivity index (χ1n) is 7.42. The van der Waals surface area contributed by atoms with E-state index in [0.29, 0.717) is 5.56 Å². The van der Waals surface area contributed by atoms with Crippen molar-refractivity contribution in [1.82, 2.24) is 15.8 Å². The Morgan fingerprint density at radius 2 is 1.82 bits per heavy atom. The Hall–Kier alpha value is -1.43. The summed E-state index contributed by atoms with van der Waals surface area (Å²) >= 11 is 3.71. The standard InChI is InChI=1S/C16H20BrN3O2/c1-14(2)15(3)6-7-16(14,12(15)17)13(22)20-19-11(21)10-4-8-18-9-5-10/h4-5,8-9,12H,6-7H2,1-3H3,(H,19,21)(H,20,22). The molecule has 2 amide bonds. The van der Waals surface area contributed by atoms with Gasteiger partial charge >= 0.3 is 0 Å². The number of hydrazine groups is 1. The number of aromatic nitrogens is 1. The molecule has 6 heteroatoms. The number of rotatable bonds is 2. The van der Waals surface area contributed by atoms with Crippen molar-refractivity contribution in [1.29, 1.82) is 0 Å². The quantitative estimate of drug-likeness (QED) is 0.624. The summed E-state index contributed by atoms with van der Waals surface area (Å²) < 4.78 is 0. The molecule has 1 aromatic heterocycles. The van der Waals surface area contributed by atoms with Crippen molar-refractivity contribution in [3.63, 3.8) is 0 Å². The number of pyridine rings is 1. The van der Waals surface area contributed by atoms with E-state index in [1.807, 2.05) is 0 Å². The van der Waals surface area contributed by atoms with Crippen LogP contribution in [0.1, 0.15) is 44.0 Å². The highest BCUT2D eigenvalue weighted by Crippen LogP contribution is 2.79. The molecule has 0 radical (unpaired) electrons. The molecule has 1 heterocycles. The Kier molecular flexibility index (Phi) is 3.36. The fourth-order valence-electron chi connectivity index (χ4n) is 4.26. The molecule has 3 atom stereocenters. The molecule has 0 saturated heterocycles. The fourth-order valence-corrected chi connectivity index (χ4v) is 6.07. The number of amides is 2. The van der Waals surface area contributed by atoms with E-state index in [9.17, 15) is 9.59 Å². The highest BCUT2D eigenvalue weighted by molar-refractivity contribution is 9.09. The van der Waals surface area contributed by atoms with Gasteiger partial charge in [0.15, 0.2) is 0 Å². The average molecular weight is 366 g/mol. The number of nitrogens with one attached hydrogen (secondary N) is 2. The van der Waals surface area contributed by atoms with Gasteiger partial charge in [0.1, 0.15) is 0 Å². The number of carbonyl (C=O) groups excluding carboxylic acids is 2. The number of hydrogen-bond acceptors (Lipinski definition) is 3. The highest BCUT2D eigenvalue weighted by atomic mass is 79.9. The van der Waals surface area contributed by atoms with Crippen LogP contribution < -0.4 is 10.9 Å². The first-order valence-corrected chi connectivity index (χ1v) is 8.34. The Bertz CT molecular complexity index is 634. The summed E-state index contributed by atoms with van der Waals surface area (Å²) in [5.74, 6) is -0.451. The van der Waals surface area contributed by atoms with E-state index in [-0.39, 0.29) is 27.5 Å². The smallest absolute Gasteiger partial charge is 0.269 e. The zero-order chi connectivity index (χ0) is 16.2. The van der Waals surface area contributed by atoms with Crippen LogP contribution in [0.2, 0.25) is 0 Å². The van der Waals surface area contributed by atoms with Gasteiger partial charge in [0, 0.05) is 22.8 Å². The van der Waals surface area contributed by atoms with E-state index >= 15 is 0 Å². The minimum atomic E-state index is -0.465. The molecule has 3 unspecified atom stereocenters. The predicted molar refractivity (Wildman–Crippen MR) is 86.1 cm³/mol. The van der Waals surface area contributed by atoms with Crippen LogP contribution in [-0.4, -0.2) is 21.6 Å². The first-order chi connectivity index (χ1) is 10.3. The summed E-state index contributed by atoms with van der Waals surface area (Å²) in [7, 11) is 0. The number of nitrogens with zero attached hydrogens (tertiary/aromatic N) is 1. The molecule has 3 aliphatic rings. The third-order valence-corrected chi connectivity index (χ3v) is 8.00. The Morgan fingerprint density at radius 1 is 1.18 bits per heavy atom. The topological polar surface area (TPSA) is 71.1 Å². The van der Waals surface area contributed by atoms with Gasteiger partial charge in [-0.2, -0.15) is 0 Å². The monoisotopic (exact) mass is 365 g/mol. The lowest BCUT2D eigenvalue weighted by Crippen LogP contribution is -2.70. The number of carbonyl (C=O) groups is 2. The van der Waals surface area contributed by atoms with E-state index in [1.54, 1.807) is 24.5 Å². The molecule has 3 fully saturated rings. The van der Waals surface area contributed by atoms with Crippen LogP contribution in [0, 0.1) is 16.2 Å². The third kappa shape index (κ3) is 1.67. The molecule has 0 aliphatic heterocycles. The van der Waals surface area contributed by atoms with Crippen molar-refractivity contribution in [3.05, 3.63) is 30.1 Å². The van der Waals surface area contributed by atoms with Crippen molar-refractivity contribution in [3.8, 4) is 0 Å². The van der Waals surface area contributed by atoms with Crippen molar-refractivity contribution < 1.29 is 9.59 Å². The third-order valence-electron chi connectivity index (χ3n) is 6.21. The van der Waals surface area contributed by atoms with Gasteiger partial charge in [-0.25, -0.2) is 0 Å². The van der Waals surface area contributed by atoms with Gasteiger partial charge in [0.05, 0.1) is 5.41 Å². The molecule has 3 saturated carbocycles. The molecule has 2 N–H and O–H groups in total.